The number of rotatable bonds is 7. The molecule has 2 aromatic rings. The zero-order valence-electron chi connectivity index (χ0n) is 14.6. The highest BCUT2D eigenvalue weighted by atomic mass is 16.5. The second kappa shape index (κ2) is 8.79. The van der Waals surface area contributed by atoms with Crippen molar-refractivity contribution < 1.29 is 14.3 Å². The smallest absolute Gasteiger partial charge is 0.269 e. The zero-order chi connectivity index (χ0) is 18.2. The lowest BCUT2D eigenvalue weighted by molar-refractivity contribution is -0.116. The van der Waals surface area contributed by atoms with Gasteiger partial charge in [-0.25, -0.2) is 0 Å². The van der Waals surface area contributed by atoms with Crippen molar-refractivity contribution in [3.63, 3.8) is 0 Å². The molecule has 2 amide bonds. The molecule has 0 fully saturated rings. The number of hydrogen-bond acceptors (Lipinski definition) is 5. The van der Waals surface area contributed by atoms with Gasteiger partial charge in [0.2, 0.25) is 5.91 Å². The summed E-state index contributed by atoms with van der Waals surface area (Å²) >= 11 is 0. The number of pyridine rings is 1. The summed E-state index contributed by atoms with van der Waals surface area (Å²) in [7, 11) is 3.34. The van der Waals surface area contributed by atoms with E-state index < -0.39 is 0 Å². The minimum Gasteiger partial charge on any atom is -0.457 e. The minimum atomic E-state index is -0.285. The number of aromatic nitrogens is 1. The monoisotopic (exact) mass is 342 g/mol. The number of aryl methyl sites for hydroxylation is 1. The Bertz CT molecular complexity index is 762. The number of nitrogens with zero attached hydrogens (tertiary/aromatic N) is 1. The Kier molecular flexibility index (Phi) is 6.47. The number of amides is 2. The van der Waals surface area contributed by atoms with Gasteiger partial charge in [0.15, 0.2) is 0 Å². The summed E-state index contributed by atoms with van der Waals surface area (Å²) in [5.74, 6) is 0.735. The average Bonchev–Trinajstić information content (AvgIpc) is 2.62. The number of hydrogen-bond donors (Lipinski definition) is 3. The van der Waals surface area contributed by atoms with Gasteiger partial charge in [-0.2, -0.15) is 0 Å². The van der Waals surface area contributed by atoms with Gasteiger partial charge in [-0.3, -0.25) is 14.6 Å². The molecular formula is C18H22N4O3. The first-order valence-corrected chi connectivity index (χ1v) is 7.94. The van der Waals surface area contributed by atoms with Crippen LogP contribution in [0, 0.1) is 6.92 Å². The summed E-state index contributed by atoms with van der Waals surface area (Å²) in [6.07, 6.45) is 1.90. The van der Waals surface area contributed by atoms with Crippen molar-refractivity contribution in [3.8, 4) is 11.5 Å². The second-order valence-corrected chi connectivity index (χ2v) is 5.44. The molecule has 0 saturated heterocycles. The summed E-state index contributed by atoms with van der Waals surface area (Å²) in [6.45, 7) is 2.52. The molecule has 0 aliphatic carbocycles. The van der Waals surface area contributed by atoms with Crippen LogP contribution in [0.1, 0.15) is 22.5 Å². The summed E-state index contributed by atoms with van der Waals surface area (Å²) in [6, 6.07) is 8.68. The Balaban J connectivity index is 2.15. The van der Waals surface area contributed by atoms with E-state index in [2.05, 4.69) is 20.9 Å². The first-order chi connectivity index (χ1) is 12.0. The Labute approximate surface area is 146 Å². The van der Waals surface area contributed by atoms with E-state index >= 15 is 0 Å². The Morgan fingerprint density at radius 2 is 1.96 bits per heavy atom. The number of carbonyl (C=O) groups is 2. The predicted molar refractivity (Wildman–Crippen MR) is 96.1 cm³/mol. The standard InChI is InChI=1S/C18H22N4O3/c1-12-4-5-13(22-17(23)7-8-19-2)10-16(12)25-14-6-9-21-15(11-14)18(24)20-3/h4-6,9-11,19H,7-8H2,1-3H3,(H,20,24)(H,22,23). The maximum atomic E-state index is 11.8. The largest absolute Gasteiger partial charge is 0.457 e. The SMILES string of the molecule is CNCCC(=O)Nc1ccc(C)c(Oc2ccnc(C(=O)NC)c2)c1. The summed E-state index contributed by atoms with van der Waals surface area (Å²) < 4.78 is 5.86. The van der Waals surface area contributed by atoms with Crippen molar-refractivity contribution in [2.45, 2.75) is 13.3 Å². The fourth-order valence-corrected chi connectivity index (χ4v) is 2.10. The highest BCUT2D eigenvalue weighted by Gasteiger charge is 2.09. The molecule has 2 rings (SSSR count). The van der Waals surface area contributed by atoms with Crippen LogP contribution in [-0.4, -0.2) is 37.4 Å². The molecule has 1 aromatic carbocycles. The number of benzene rings is 1. The molecule has 0 unspecified atom stereocenters. The number of anilines is 1. The van der Waals surface area contributed by atoms with Gasteiger partial charge in [0.05, 0.1) is 0 Å². The molecule has 25 heavy (non-hydrogen) atoms. The van der Waals surface area contributed by atoms with Crippen molar-refractivity contribution in [2.24, 2.45) is 0 Å². The Morgan fingerprint density at radius 3 is 2.68 bits per heavy atom. The van der Waals surface area contributed by atoms with Gasteiger partial charge < -0.3 is 20.7 Å². The summed E-state index contributed by atoms with van der Waals surface area (Å²) in [5.41, 5.74) is 1.84. The van der Waals surface area contributed by atoms with Gasteiger partial charge in [-0.05, 0) is 31.7 Å². The van der Waals surface area contributed by atoms with Crippen LogP contribution in [0.5, 0.6) is 11.5 Å². The van der Waals surface area contributed by atoms with E-state index in [9.17, 15) is 9.59 Å². The van der Waals surface area contributed by atoms with E-state index in [-0.39, 0.29) is 17.5 Å². The van der Waals surface area contributed by atoms with Crippen LogP contribution in [0.2, 0.25) is 0 Å². The van der Waals surface area contributed by atoms with Crippen molar-refractivity contribution in [1.82, 2.24) is 15.6 Å². The van der Waals surface area contributed by atoms with Gasteiger partial charge >= 0.3 is 0 Å². The highest BCUT2D eigenvalue weighted by molar-refractivity contribution is 5.92. The molecule has 0 bridgehead atoms. The topological polar surface area (TPSA) is 92.3 Å². The van der Waals surface area contributed by atoms with Crippen molar-refractivity contribution in [1.29, 1.82) is 0 Å². The molecule has 3 N–H and O–H groups in total. The fourth-order valence-electron chi connectivity index (χ4n) is 2.10. The molecule has 0 aliphatic rings. The van der Waals surface area contributed by atoms with E-state index in [1.165, 1.54) is 6.20 Å². The number of nitrogens with one attached hydrogen (secondary N) is 3. The van der Waals surface area contributed by atoms with Gasteiger partial charge in [0.1, 0.15) is 17.2 Å². The molecule has 0 atom stereocenters. The molecule has 7 heteroatoms. The van der Waals surface area contributed by atoms with Crippen LogP contribution in [0.4, 0.5) is 5.69 Å². The van der Waals surface area contributed by atoms with E-state index in [0.29, 0.717) is 30.2 Å². The quantitative estimate of drug-likeness (QED) is 0.716. The van der Waals surface area contributed by atoms with E-state index in [0.717, 1.165) is 5.56 Å². The van der Waals surface area contributed by atoms with Crippen LogP contribution >= 0.6 is 0 Å². The third kappa shape index (κ3) is 5.29. The molecule has 0 spiro atoms. The Hall–Kier alpha value is -2.93. The predicted octanol–water partition coefficient (Wildman–Crippen LogP) is 2.09. The molecule has 0 saturated carbocycles. The van der Waals surface area contributed by atoms with Crippen molar-refractivity contribution >= 4 is 17.5 Å². The minimum absolute atomic E-state index is 0.0741. The lowest BCUT2D eigenvalue weighted by atomic mass is 10.2. The van der Waals surface area contributed by atoms with Gasteiger partial charge in [-0.15, -0.1) is 0 Å². The zero-order valence-corrected chi connectivity index (χ0v) is 14.6. The first-order valence-electron chi connectivity index (χ1n) is 7.94. The first kappa shape index (κ1) is 18.4. The maximum absolute atomic E-state index is 11.8. The van der Waals surface area contributed by atoms with Crippen LogP contribution < -0.4 is 20.7 Å². The fraction of sp³-hybridized carbons (Fsp3) is 0.278. The van der Waals surface area contributed by atoms with Gasteiger partial charge in [0, 0.05) is 44.0 Å². The highest BCUT2D eigenvalue weighted by Crippen LogP contribution is 2.28. The van der Waals surface area contributed by atoms with Crippen LogP contribution in [0.25, 0.3) is 0 Å². The molecule has 7 nitrogen and oxygen atoms in total. The molecular weight excluding hydrogens is 320 g/mol. The molecule has 132 valence electrons. The van der Waals surface area contributed by atoms with Crippen molar-refractivity contribution in [2.75, 3.05) is 26.0 Å². The average molecular weight is 342 g/mol. The van der Waals surface area contributed by atoms with Crippen LogP contribution in [0.3, 0.4) is 0 Å². The second-order valence-electron chi connectivity index (χ2n) is 5.44. The lowest BCUT2D eigenvalue weighted by Gasteiger charge is -2.12. The Morgan fingerprint density at radius 1 is 1.16 bits per heavy atom. The van der Waals surface area contributed by atoms with E-state index in [4.69, 9.17) is 4.74 Å². The molecule has 0 aliphatic heterocycles. The van der Waals surface area contributed by atoms with Gasteiger partial charge in [0.25, 0.3) is 5.91 Å². The summed E-state index contributed by atoms with van der Waals surface area (Å²) in [4.78, 5) is 27.5. The number of ether oxygens (including phenoxy) is 1. The molecule has 0 radical (unpaired) electrons. The molecule has 1 aromatic heterocycles. The van der Waals surface area contributed by atoms with E-state index in [1.807, 2.05) is 19.1 Å². The molecule has 1 heterocycles. The third-order valence-corrected chi connectivity index (χ3v) is 3.49. The van der Waals surface area contributed by atoms with Gasteiger partial charge in [-0.1, -0.05) is 6.07 Å². The van der Waals surface area contributed by atoms with Crippen LogP contribution in [-0.2, 0) is 4.79 Å². The normalized spacial score (nSPS) is 10.2. The summed E-state index contributed by atoms with van der Waals surface area (Å²) in [5, 5.41) is 8.29. The van der Waals surface area contributed by atoms with Crippen LogP contribution in [0.15, 0.2) is 36.5 Å². The lowest BCUT2D eigenvalue weighted by Crippen LogP contribution is -2.19. The third-order valence-electron chi connectivity index (χ3n) is 3.49. The van der Waals surface area contributed by atoms with E-state index in [1.54, 1.807) is 32.3 Å². The van der Waals surface area contributed by atoms with Crippen molar-refractivity contribution in [3.05, 3.63) is 47.8 Å². The number of carbonyl (C=O) groups excluding carboxylic acids is 2. The maximum Gasteiger partial charge on any atom is 0.269 e.